The molecule has 0 saturated carbocycles. The van der Waals surface area contributed by atoms with E-state index >= 15 is 0 Å². The van der Waals surface area contributed by atoms with Gasteiger partial charge in [-0.1, -0.05) is 0 Å². The van der Waals surface area contributed by atoms with Gasteiger partial charge in [-0.2, -0.15) is 0 Å². The summed E-state index contributed by atoms with van der Waals surface area (Å²) in [6.07, 6.45) is 0.976. The van der Waals surface area contributed by atoms with E-state index in [1.165, 1.54) is 3.94 Å². The highest BCUT2D eigenvalue weighted by Crippen LogP contribution is 2.23. The number of nitrogens with zero attached hydrogens (tertiary/aromatic N) is 2. The highest BCUT2D eigenvalue weighted by molar-refractivity contribution is 6.34. The molecule has 0 aromatic carbocycles. The molecule has 0 heterocycles. The number of hydrogen-bond acceptors (Lipinski definition) is 1. The molecule has 0 atom stereocenters. The van der Waals surface area contributed by atoms with Crippen molar-refractivity contribution in [2.75, 3.05) is 27.7 Å². The van der Waals surface area contributed by atoms with Gasteiger partial charge in [-0.15, -0.1) is 3.94 Å². The summed E-state index contributed by atoms with van der Waals surface area (Å²) in [5.41, 5.74) is -0.144. The van der Waals surface area contributed by atoms with Crippen LogP contribution >= 0.6 is 23.6 Å². The summed E-state index contributed by atoms with van der Waals surface area (Å²) >= 11 is 11.4. The molecule has 0 rings (SSSR count). The van der Waals surface area contributed by atoms with Crippen molar-refractivity contribution < 1.29 is 16.9 Å². The van der Waals surface area contributed by atoms with Crippen molar-refractivity contribution in [2.45, 2.75) is 25.8 Å². The molecule has 2 nitrogen and oxygen atoms in total. The van der Waals surface area contributed by atoms with E-state index in [9.17, 15) is 0 Å². The molecule has 0 aliphatic carbocycles. The molecule has 0 aliphatic rings. The lowest BCUT2D eigenvalue weighted by Crippen LogP contribution is -3.00. The van der Waals surface area contributed by atoms with E-state index in [1.54, 1.807) is 0 Å². The molecular weight excluding hydrogens is 230 g/mol. The van der Waals surface area contributed by atoms with Gasteiger partial charge in [0, 0.05) is 6.42 Å². The smallest absolute Gasteiger partial charge is 0.0799 e. The molecule has 0 unspecified atom stereocenters. The fraction of sp³-hybridized carbons (Fsp3) is 1.00. The summed E-state index contributed by atoms with van der Waals surface area (Å²) in [4.78, 5) is 0. The van der Waals surface area contributed by atoms with Gasteiger partial charge in [0.25, 0.3) is 0 Å². The van der Waals surface area contributed by atoms with Crippen molar-refractivity contribution in [1.82, 2.24) is 3.94 Å². The summed E-state index contributed by atoms with van der Waals surface area (Å²) in [7, 11) is 6.47. The number of halogens is 3. The quantitative estimate of drug-likeness (QED) is 0.479. The summed E-state index contributed by atoms with van der Waals surface area (Å²) in [5.74, 6) is 0. The highest BCUT2D eigenvalue weighted by Gasteiger charge is 2.26. The molecule has 0 bridgehead atoms. The molecule has 0 radical (unpaired) electrons. The molecule has 0 aromatic rings. The first kappa shape index (κ1) is 16.2. The first-order valence-corrected chi connectivity index (χ1v) is 4.75. The topological polar surface area (TPSA) is 3.24 Å². The number of quaternary nitrogens is 1. The Morgan fingerprint density at radius 2 is 1.54 bits per heavy atom. The normalized spacial score (nSPS) is 12.9. The predicted molar refractivity (Wildman–Crippen MR) is 55.1 cm³/mol. The van der Waals surface area contributed by atoms with Crippen molar-refractivity contribution >= 4 is 23.6 Å². The molecule has 82 valence electrons. The van der Waals surface area contributed by atoms with Crippen molar-refractivity contribution in [2.24, 2.45) is 0 Å². The lowest BCUT2D eigenvalue weighted by molar-refractivity contribution is -0.871. The first-order valence-electron chi connectivity index (χ1n) is 4.07. The zero-order chi connectivity index (χ0) is 9.99. The first-order chi connectivity index (χ1) is 5.15. The molecule has 13 heavy (non-hydrogen) atoms. The average Bonchev–Trinajstić information content (AvgIpc) is 1.82. The van der Waals surface area contributed by atoms with Gasteiger partial charge >= 0.3 is 0 Å². The van der Waals surface area contributed by atoms with Crippen LogP contribution in [0.3, 0.4) is 0 Å². The molecule has 0 N–H and O–H groups in total. The Hall–Kier alpha value is 0.790. The Morgan fingerprint density at radius 1 is 1.15 bits per heavy atom. The van der Waals surface area contributed by atoms with Gasteiger partial charge in [-0.25, -0.2) is 0 Å². The van der Waals surface area contributed by atoms with Crippen LogP contribution < -0.4 is 12.4 Å². The lowest BCUT2D eigenvalue weighted by Gasteiger charge is -2.32. The van der Waals surface area contributed by atoms with E-state index in [2.05, 4.69) is 21.1 Å². The summed E-state index contributed by atoms with van der Waals surface area (Å²) in [6, 6.07) is 0. The third kappa shape index (κ3) is 7.83. The van der Waals surface area contributed by atoms with Crippen molar-refractivity contribution in [1.29, 1.82) is 0 Å². The standard InChI is InChI=1S/C8H19Cl2N2.ClH/c1-8(2,11(9)10)6-7-12(3,4)5;/h6-7H2,1-5H3;1H/q+1;/p-1. The van der Waals surface area contributed by atoms with E-state index < -0.39 is 0 Å². The van der Waals surface area contributed by atoms with Gasteiger partial charge in [-0.05, 0) is 37.4 Å². The Balaban J connectivity index is 0. The van der Waals surface area contributed by atoms with E-state index in [-0.39, 0.29) is 17.9 Å². The minimum atomic E-state index is -0.144. The third-order valence-electron chi connectivity index (χ3n) is 1.85. The van der Waals surface area contributed by atoms with E-state index in [0.717, 1.165) is 17.4 Å². The van der Waals surface area contributed by atoms with Crippen LogP contribution in [0, 0.1) is 0 Å². The molecule has 0 amide bonds. The summed E-state index contributed by atoms with van der Waals surface area (Å²) in [6.45, 7) is 5.12. The van der Waals surface area contributed by atoms with E-state index in [0.29, 0.717) is 0 Å². The molecule has 0 fully saturated rings. The fourth-order valence-electron chi connectivity index (χ4n) is 0.694. The third-order valence-corrected chi connectivity index (χ3v) is 2.77. The SMILES string of the molecule is CC(C)(CC[N+](C)(C)C)N(Cl)Cl.[Cl-]. The molecule has 0 spiro atoms. The Kier molecular flexibility index (Phi) is 7.01. The predicted octanol–water partition coefficient (Wildman–Crippen LogP) is -0.525. The van der Waals surface area contributed by atoms with Crippen LogP contribution in [0.1, 0.15) is 20.3 Å². The maximum atomic E-state index is 5.69. The van der Waals surface area contributed by atoms with E-state index in [4.69, 9.17) is 23.6 Å². The Bertz CT molecular complexity index is 141. The molecule has 5 heteroatoms. The van der Waals surface area contributed by atoms with Crippen LogP contribution in [0.25, 0.3) is 0 Å². The van der Waals surface area contributed by atoms with Crippen LogP contribution in [0.5, 0.6) is 0 Å². The fourth-order valence-corrected chi connectivity index (χ4v) is 0.863. The van der Waals surface area contributed by atoms with Gasteiger partial charge in [-0.3, -0.25) is 0 Å². The number of rotatable bonds is 4. The van der Waals surface area contributed by atoms with Gasteiger partial charge in [0.2, 0.25) is 0 Å². The van der Waals surface area contributed by atoms with Crippen LogP contribution in [-0.2, 0) is 0 Å². The second-order valence-electron chi connectivity index (χ2n) is 4.81. The van der Waals surface area contributed by atoms with Crippen molar-refractivity contribution in [3.8, 4) is 0 Å². The van der Waals surface area contributed by atoms with Gasteiger partial charge in [0.1, 0.15) is 0 Å². The molecular formula is C8H19Cl3N2. The van der Waals surface area contributed by atoms with Crippen LogP contribution in [0.4, 0.5) is 0 Å². The van der Waals surface area contributed by atoms with Crippen LogP contribution in [0.2, 0.25) is 0 Å². The Labute approximate surface area is 98.0 Å². The minimum Gasteiger partial charge on any atom is -1.00 e. The molecule has 0 aliphatic heterocycles. The average molecular weight is 250 g/mol. The monoisotopic (exact) mass is 248 g/mol. The summed E-state index contributed by atoms with van der Waals surface area (Å²) < 4.78 is 2.17. The largest absolute Gasteiger partial charge is 1.00 e. The van der Waals surface area contributed by atoms with Gasteiger partial charge in [0.15, 0.2) is 0 Å². The summed E-state index contributed by atoms with van der Waals surface area (Å²) in [5, 5.41) is 0. The van der Waals surface area contributed by atoms with Crippen molar-refractivity contribution in [3.63, 3.8) is 0 Å². The Morgan fingerprint density at radius 3 is 1.77 bits per heavy atom. The van der Waals surface area contributed by atoms with Gasteiger partial charge < -0.3 is 16.9 Å². The zero-order valence-corrected chi connectivity index (χ0v) is 11.2. The van der Waals surface area contributed by atoms with Crippen LogP contribution in [-0.4, -0.2) is 41.6 Å². The maximum absolute atomic E-state index is 5.69. The van der Waals surface area contributed by atoms with Gasteiger partial charge in [0.05, 0.1) is 33.2 Å². The second-order valence-corrected chi connectivity index (χ2v) is 5.66. The lowest BCUT2D eigenvalue weighted by atomic mass is 10.0. The second kappa shape index (κ2) is 5.62. The molecule has 0 aromatic heterocycles. The molecule has 0 saturated heterocycles. The zero-order valence-electron chi connectivity index (χ0n) is 8.94. The minimum absolute atomic E-state index is 0. The highest BCUT2D eigenvalue weighted by atomic mass is 35.5. The maximum Gasteiger partial charge on any atom is 0.0799 e. The van der Waals surface area contributed by atoms with Crippen LogP contribution in [0.15, 0.2) is 0 Å². The van der Waals surface area contributed by atoms with Crippen molar-refractivity contribution in [3.05, 3.63) is 0 Å². The number of hydrogen-bond donors (Lipinski definition) is 0. The van der Waals surface area contributed by atoms with E-state index in [1.807, 2.05) is 13.8 Å².